The van der Waals surface area contributed by atoms with E-state index in [-0.39, 0.29) is 11.1 Å². The molecule has 1 aliphatic rings. The summed E-state index contributed by atoms with van der Waals surface area (Å²) in [4.78, 5) is 35.2. The van der Waals surface area contributed by atoms with E-state index in [9.17, 15) is 14.4 Å². The summed E-state index contributed by atoms with van der Waals surface area (Å²) in [5, 5.41) is 2.72. The third kappa shape index (κ3) is 3.61. The van der Waals surface area contributed by atoms with Crippen LogP contribution in [0.4, 0.5) is 0 Å². The highest BCUT2D eigenvalue weighted by atomic mass is 35.5. The van der Waals surface area contributed by atoms with Crippen molar-refractivity contribution in [2.45, 2.75) is 19.6 Å². The number of carbonyl (C=O) groups is 3. The van der Waals surface area contributed by atoms with Gasteiger partial charge in [0.1, 0.15) is 0 Å². The quantitative estimate of drug-likeness (QED) is 0.512. The number of hydrogen-bond donors (Lipinski definition) is 1. The van der Waals surface area contributed by atoms with Crippen molar-refractivity contribution in [3.8, 4) is 0 Å². The van der Waals surface area contributed by atoms with Gasteiger partial charge in [0.15, 0.2) is 5.57 Å². The van der Waals surface area contributed by atoms with Gasteiger partial charge in [-0.3, -0.25) is 4.79 Å². The number of benzene rings is 1. The summed E-state index contributed by atoms with van der Waals surface area (Å²) in [5.74, 6) is -3.55. The summed E-state index contributed by atoms with van der Waals surface area (Å²) in [6, 6.07) is 6.22. The molecule has 21 heavy (non-hydrogen) atoms. The second-order valence-corrected chi connectivity index (χ2v) is 5.16. The number of cyclic esters (lactones) is 2. The van der Waals surface area contributed by atoms with E-state index in [2.05, 4.69) is 5.32 Å². The van der Waals surface area contributed by atoms with Crippen molar-refractivity contribution in [1.82, 2.24) is 5.32 Å². The molecule has 6 nitrogen and oxygen atoms in total. The van der Waals surface area contributed by atoms with Gasteiger partial charge in [-0.1, -0.05) is 17.7 Å². The van der Waals surface area contributed by atoms with Gasteiger partial charge >= 0.3 is 11.9 Å². The van der Waals surface area contributed by atoms with Crippen LogP contribution in [0.3, 0.4) is 0 Å². The fraction of sp³-hybridized carbons (Fsp3) is 0.214. The fourth-order valence-corrected chi connectivity index (χ4v) is 1.82. The molecule has 1 fully saturated rings. The first kappa shape index (κ1) is 15.1. The van der Waals surface area contributed by atoms with Gasteiger partial charge in [0.2, 0.25) is 0 Å². The zero-order valence-electron chi connectivity index (χ0n) is 11.3. The third-order valence-corrected chi connectivity index (χ3v) is 2.79. The van der Waals surface area contributed by atoms with Crippen molar-refractivity contribution in [2.24, 2.45) is 0 Å². The number of carbonyl (C=O) groups excluding carboxylic acids is 3. The van der Waals surface area contributed by atoms with Gasteiger partial charge in [-0.25, -0.2) is 9.59 Å². The maximum Gasteiger partial charge on any atom is 0.350 e. The predicted molar refractivity (Wildman–Crippen MR) is 73.3 cm³/mol. The molecule has 0 unspecified atom stereocenters. The number of esters is 2. The van der Waals surface area contributed by atoms with Crippen molar-refractivity contribution >= 4 is 29.4 Å². The summed E-state index contributed by atoms with van der Waals surface area (Å²) in [6.07, 6.45) is 0.961. The summed E-state index contributed by atoms with van der Waals surface area (Å²) in [6.45, 7) is 2.87. The van der Waals surface area contributed by atoms with Crippen LogP contribution in [0.1, 0.15) is 24.2 Å². The second-order valence-electron chi connectivity index (χ2n) is 4.72. The summed E-state index contributed by atoms with van der Waals surface area (Å²) < 4.78 is 9.78. The molecule has 1 aliphatic heterocycles. The standard InChI is InChI=1S/C14H12ClNO5/c1-14(2)20-12(18)10(13(19)21-14)7-16-11(17)8-4-3-5-9(15)6-8/h3-7H,1-2H3,(H,16,17). The molecule has 110 valence electrons. The van der Waals surface area contributed by atoms with Crippen LogP contribution in [0, 0.1) is 0 Å². The molecular weight excluding hydrogens is 298 g/mol. The molecular formula is C14H12ClNO5. The molecule has 0 saturated carbocycles. The lowest BCUT2D eigenvalue weighted by Gasteiger charge is -2.29. The van der Waals surface area contributed by atoms with E-state index in [0.29, 0.717) is 5.02 Å². The van der Waals surface area contributed by atoms with E-state index in [1.807, 2.05) is 0 Å². The van der Waals surface area contributed by atoms with Gasteiger partial charge in [-0.05, 0) is 18.2 Å². The number of halogens is 1. The van der Waals surface area contributed by atoms with Crippen LogP contribution < -0.4 is 5.32 Å². The molecule has 1 saturated heterocycles. The van der Waals surface area contributed by atoms with E-state index < -0.39 is 23.6 Å². The van der Waals surface area contributed by atoms with E-state index in [1.54, 1.807) is 18.2 Å². The maximum absolute atomic E-state index is 11.9. The Hall–Kier alpha value is -2.34. The van der Waals surface area contributed by atoms with Gasteiger partial charge in [-0.2, -0.15) is 0 Å². The average Bonchev–Trinajstić information content (AvgIpc) is 2.36. The van der Waals surface area contributed by atoms with Crippen molar-refractivity contribution < 1.29 is 23.9 Å². The smallest absolute Gasteiger partial charge is 0.350 e. The lowest BCUT2D eigenvalue weighted by atomic mass is 10.2. The van der Waals surface area contributed by atoms with Crippen LogP contribution in [0.5, 0.6) is 0 Å². The summed E-state index contributed by atoms with van der Waals surface area (Å²) >= 11 is 5.77. The second kappa shape index (κ2) is 5.57. The molecule has 7 heteroatoms. The van der Waals surface area contributed by atoms with Gasteiger partial charge in [-0.15, -0.1) is 0 Å². The Morgan fingerprint density at radius 2 is 1.86 bits per heavy atom. The van der Waals surface area contributed by atoms with Gasteiger partial charge < -0.3 is 14.8 Å². The van der Waals surface area contributed by atoms with E-state index in [0.717, 1.165) is 6.20 Å². The lowest BCUT2D eigenvalue weighted by Crippen LogP contribution is -2.42. The highest BCUT2D eigenvalue weighted by molar-refractivity contribution is 6.31. The Morgan fingerprint density at radius 3 is 2.43 bits per heavy atom. The third-order valence-electron chi connectivity index (χ3n) is 2.55. The van der Waals surface area contributed by atoms with Crippen LogP contribution in [-0.2, 0) is 19.1 Å². The first-order chi connectivity index (χ1) is 9.78. The molecule has 1 aromatic carbocycles. The molecule has 1 amide bonds. The average molecular weight is 310 g/mol. The zero-order chi connectivity index (χ0) is 15.6. The zero-order valence-corrected chi connectivity index (χ0v) is 12.1. The number of nitrogens with one attached hydrogen (secondary N) is 1. The Kier molecular flexibility index (Phi) is 3.99. The van der Waals surface area contributed by atoms with E-state index in [1.165, 1.54) is 19.9 Å². The molecule has 0 aromatic heterocycles. The van der Waals surface area contributed by atoms with Gasteiger partial charge in [0, 0.05) is 30.6 Å². The molecule has 0 atom stereocenters. The molecule has 1 aromatic rings. The number of hydrogen-bond acceptors (Lipinski definition) is 5. The number of rotatable bonds is 2. The highest BCUT2D eigenvalue weighted by Gasteiger charge is 2.39. The predicted octanol–water partition coefficient (Wildman–Crippen LogP) is 1.79. The number of ether oxygens (including phenoxy) is 2. The first-order valence-corrected chi connectivity index (χ1v) is 6.39. The molecule has 1 N–H and O–H groups in total. The van der Waals surface area contributed by atoms with E-state index >= 15 is 0 Å². The summed E-state index contributed by atoms with van der Waals surface area (Å²) in [7, 11) is 0. The molecule has 0 aliphatic carbocycles. The maximum atomic E-state index is 11.9. The molecule has 0 radical (unpaired) electrons. The highest BCUT2D eigenvalue weighted by Crippen LogP contribution is 2.22. The van der Waals surface area contributed by atoms with Crippen molar-refractivity contribution in [1.29, 1.82) is 0 Å². The van der Waals surface area contributed by atoms with Crippen LogP contribution in [0.15, 0.2) is 36.0 Å². The Balaban J connectivity index is 2.12. The van der Waals surface area contributed by atoms with Crippen molar-refractivity contribution in [3.63, 3.8) is 0 Å². The van der Waals surface area contributed by atoms with E-state index in [4.69, 9.17) is 21.1 Å². The fourth-order valence-electron chi connectivity index (χ4n) is 1.63. The van der Waals surface area contributed by atoms with Gasteiger partial charge in [0.25, 0.3) is 11.7 Å². The van der Waals surface area contributed by atoms with Crippen LogP contribution in [0.2, 0.25) is 5.02 Å². The van der Waals surface area contributed by atoms with Crippen molar-refractivity contribution in [2.75, 3.05) is 0 Å². The molecule has 1 heterocycles. The minimum atomic E-state index is -1.32. The van der Waals surface area contributed by atoms with Gasteiger partial charge in [0.05, 0.1) is 0 Å². The van der Waals surface area contributed by atoms with Crippen molar-refractivity contribution in [3.05, 3.63) is 46.6 Å². The van der Waals surface area contributed by atoms with Crippen LogP contribution in [-0.4, -0.2) is 23.6 Å². The molecule has 0 spiro atoms. The SMILES string of the molecule is CC1(C)OC(=O)C(=CNC(=O)c2cccc(Cl)c2)C(=O)O1. The Bertz CT molecular complexity index is 629. The minimum Gasteiger partial charge on any atom is -0.419 e. The van der Waals surface area contributed by atoms with Crippen LogP contribution >= 0.6 is 11.6 Å². The lowest BCUT2D eigenvalue weighted by molar-refractivity contribution is -0.222. The number of amides is 1. The van der Waals surface area contributed by atoms with Crippen LogP contribution in [0.25, 0.3) is 0 Å². The monoisotopic (exact) mass is 309 g/mol. The summed E-state index contributed by atoms with van der Waals surface area (Å²) in [5.41, 5.74) is -0.0954. The Labute approximate surface area is 125 Å². The normalized spacial score (nSPS) is 16.8. The topological polar surface area (TPSA) is 81.7 Å². The largest absolute Gasteiger partial charge is 0.419 e. The minimum absolute atomic E-state index is 0.289. The molecule has 0 bridgehead atoms. The first-order valence-electron chi connectivity index (χ1n) is 6.02. The Morgan fingerprint density at radius 1 is 1.24 bits per heavy atom. The molecule has 2 rings (SSSR count).